The van der Waals surface area contributed by atoms with Gasteiger partial charge in [-0.05, 0) is 30.7 Å². The summed E-state index contributed by atoms with van der Waals surface area (Å²) >= 11 is 11.8. The molecule has 1 saturated heterocycles. The van der Waals surface area contributed by atoms with Crippen LogP contribution < -0.4 is 5.32 Å². The number of carbonyl (C=O) groups excluding carboxylic acids is 1. The van der Waals surface area contributed by atoms with Crippen molar-refractivity contribution in [1.29, 1.82) is 0 Å². The van der Waals surface area contributed by atoms with Gasteiger partial charge in [0, 0.05) is 6.04 Å². The Bertz CT molecular complexity index is 437. The summed E-state index contributed by atoms with van der Waals surface area (Å²) in [5.74, 6) is -0.344. The van der Waals surface area contributed by atoms with Gasteiger partial charge in [0.2, 0.25) is 0 Å². The van der Waals surface area contributed by atoms with Crippen LogP contribution in [0.5, 0.6) is 0 Å². The first kappa shape index (κ1) is 12.7. The van der Waals surface area contributed by atoms with Crippen LogP contribution in [0.4, 0.5) is 0 Å². The topological polar surface area (TPSA) is 38.3 Å². The first-order valence-corrected chi connectivity index (χ1v) is 6.15. The fourth-order valence-electron chi connectivity index (χ4n) is 2.16. The van der Waals surface area contributed by atoms with E-state index in [1.54, 1.807) is 12.1 Å². The molecule has 3 nitrogen and oxygen atoms in total. The molecule has 92 valence electrons. The van der Waals surface area contributed by atoms with Crippen molar-refractivity contribution in [2.24, 2.45) is 5.92 Å². The molecule has 17 heavy (non-hydrogen) atoms. The number of rotatable bonds is 2. The van der Waals surface area contributed by atoms with Gasteiger partial charge in [0.25, 0.3) is 0 Å². The summed E-state index contributed by atoms with van der Waals surface area (Å²) < 4.78 is 4.80. The summed E-state index contributed by atoms with van der Waals surface area (Å²) in [5.41, 5.74) is 0.965. The van der Waals surface area contributed by atoms with E-state index in [4.69, 9.17) is 27.9 Å². The van der Waals surface area contributed by atoms with Gasteiger partial charge in [-0.2, -0.15) is 0 Å². The smallest absolute Gasteiger partial charge is 0.310 e. The van der Waals surface area contributed by atoms with Crippen molar-refractivity contribution in [2.75, 3.05) is 13.7 Å². The van der Waals surface area contributed by atoms with Gasteiger partial charge in [-0.1, -0.05) is 29.3 Å². The number of hydrogen-bond donors (Lipinski definition) is 1. The van der Waals surface area contributed by atoms with Crippen LogP contribution in [0.2, 0.25) is 10.0 Å². The summed E-state index contributed by atoms with van der Waals surface area (Å²) in [6, 6.07) is 5.38. The highest BCUT2D eigenvalue weighted by Gasteiger charge is 2.34. The summed E-state index contributed by atoms with van der Waals surface area (Å²) in [5, 5.41) is 4.30. The van der Waals surface area contributed by atoms with Gasteiger partial charge in [0.1, 0.15) is 0 Å². The maximum Gasteiger partial charge on any atom is 0.310 e. The molecule has 1 N–H and O–H groups in total. The van der Waals surface area contributed by atoms with Gasteiger partial charge in [0.05, 0.1) is 23.1 Å². The van der Waals surface area contributed by atoms with Gasteiger partial charge in [-0.3, -0.25) is 4.79 Å². The Balaban J connectivity index is 2.26. The molecular weight excluding hydrogens is 261 g/mol. The number of ether oxygens (including phenoxy) is 1. The summed E-state index contributed by atoms with van der Waals surface area (Å²) in [6.07, 6.45) is 0.775. The molecule has 0 aliphatic carbocycles. The van der Waals surface area contributed by atoms with E-state index in [9.17, 15) is 4.79 Å². The molecule has 1 aromatic carbocycles. The normalized spacial score (nSPS) is 23.7. The van der Waals surface area contributed by atoms with Gasteiger partial charge >= 0.3 is 5.97 Å². The zero-order chi connectivity index (χ0) is 12.4. The minimum absolute atomic E-state index is 0.0442. The first-order valence-electron chi connectivity index (χ1n) is 5.39. The zero-order valence-electron chi connectivity index (χ0n) is 9.37. The van der Waals surface area contributed by atoms with Crippen molar-refractivity contribution in [3.05, 3.63) is 33.8 Å². The Morgan fingerprint density at radius 2 is 2.18 bits per heavy atom. The number of methoxy groups -OCH3 is 1. The molecule has 0 aromatic heterocycles. The van der Waals surface area contributed by atoms with E-state index in [-0.39, 0.29) is 17.9 Å². The Hall–Kier alpha value is -0.770. The van der Waals surface area contributed by atoms with Crippen LogP contribution in [0.15, 0.2) is 18.2 Å². The maximum absolute atomic E-state index is 11.6. The van der Waals surface area contributed by atoms with E-state index in [1.165, 1.54) is 7.11 Å². The minimum atomic E-state index is -0.189. The maximum atomic E-state index is 11.6. The highest BCUT2D eigenvalue weighted by molar-refractivity contribution is 6.42. The van der Waals surface area contributed by atoms with E-state index in [1.807, 2.05) is 6.07 Å². The Morgan fingerprint density at radius 3 is 2.82 bits per heavy atom. The molecule has 1 fully saturated rings. The molecule has 2 rings (SSSR count). The molecule has 0 unspecified atom stereocenters. The SMILES string of the molecule is COC(=O)[C@H]1CCN[C@@H]1c1ccc(Cl)c(Cl)c1. The van der Waals surface area contributed by atoms with E-state index >= 15 is 0 Å². The van der Waals surface area contributed by atoms with Gasteiger partial charge in [0.15, 0.2) is 0 Å². The van der Waals surface area contributed by atoms with Crippen LogP contribution >= 0.6 is 23.2 Å². The first-order chi connectivity index (χ1) is 8.13. The standard InChI is InChI=1S/C12H13Cl2NO2/c1-17-12(16)8-4-5-15-11(8)7-2-3-9(13)10(14)6-7/h2-3,6,8,11,15H,4-5H2,1H3/t8-,11+/m0/s1. The number of halogens is 2. The van der Waals surface area contributed by atoms with Gasteiger partial charge in [-0.25, -0.2) is 0 Å². The molecule has 0 radical (unpaired) electrons. The molecule has 5 heteroatoms. The number of esters is 1. The molecular formula is C12H13Cl2NO2. The Kier molecular flexibility index (Phi) is 3.92. The van der Waals surface area contributed by atoms with Crippen LogP contribution in [0.25, 0.3) is 0 Å². The third-order valence-electron chi connectivity index (χ3n) is 3.03. The third-order valence-corrected chi connectivity index (χ3v) is 3.77. The Morgan fingerprint density at radius 1 is 1.41 bits per heavy atom. The predicted molar refractivity (Wildman–Crippen MR) is 67.3 cm³/mol. The van der Waals surface area contributed by atoms with Crippen LogP contribution in [0.3, 0.4) is 0 Å². The lowest BCUT2D eigenvalue weighted by molar-refractivity contribution is -0.145. The zero-order valence-corrected chi connectivity index (χ0v) is 10.9. The van der Waals surface area contributed by atoms with Crippen molar-refractivity contribution >= 4 is 29.2 Å². The molecule has 0 amide bonds. The molecule has 0 bridgehead atoms. The number of hydrogen-bond acceptors (Lipinski definition) is 3. The van der Waals surface area contributed by atoms with E-state index in [0.717, 1.165) is 18.5 Å². The van der Waals surface area contributed by atoms with E-state index in [2.05, 4.69) is 5.32 Å². The molecule has 0 saturated carbocycles. The minimum Gasteiger partial charge on any atom is -0.469 e. The quantitative estimate of drug-likeness (QED) is 0.843. The number of benzene rings is 1. The lowest BCUT2D eigenvalue weighted by Crippen LogP contribution is -2.24. The molecule has 2 atom stereocenters. The van der Waals surface area contributed by atoms with Crippen LogP contribution in [0, 0.1) is 5.92 Å². The molecule has 1 aliphatic heterocycles. The number of nitrogens with one attached hydrogen (secondary N) is 1. The average Bonchev–Trinajstić information content (AvgIpc) is 2.80. The summed E-state index contributed by atoms with van der Waals surface area (Å²) in [6.45, 7) is 0.796. The second-order valence-corrected chi connectivity index (χ2v) is 4.84. The predicted octanol–water partition coefficient (Wildman–Crippen LogP) is 2.82. The van der Waals surface area contributed by atoms with Crippen molar-refractivity contribution in [2.45, 2.75) is 12.5 Å². The van der Waals surface area contributed by atoms with E-state index < -0.39 is 0 Å². The van der Waals surface area contributed by atoms with Crippen molar-refractivity contribution < 1.29 is 9.53 Å². The highest BCUT2D eigenvalue weighted by Crippen LogP contribution is 2.33. The highest BCUT2D eigenvalue weighted by atomic mass is 35.5. The van der Waals surface area contributed by atoms with Gasteiger partial charge < -0.3 is 10.1 Å². The van der Waals surface area contributed by atoms with Crippen molar-refractivity contribution in [1.82, 2.24) is 5.32 Å². The monoisotopic (exact) mass is 273 g/mol. The number of carbonyl (C=O) groups is 1. The fourth-order valence-corrected chi connectivity index (χ4v) is 2.47. The van der Waals surface area contributed by atoms with Crippen molar-refractivity contribution in [3.8, 4) is 0 Å². The molecule has 1 aromatic rings. The van der Waals surface area contributed by atoms with Crippen LogP contribution in [0.1, 0.15) is 18.0 Å². The molecule has 0 spiro atoms. The van der Waals surface area contributed by atoms with Gasteiger partial charge in [-0.15, -0.1) is 0 Å². The summed E-state index contributed by atoms with van der Waals surface area (Å²) in [4.78, 5) is 11.6. The lowest BCUT2D eigenvalue weighted by Gasteiger charge is -2.18. The lowest BCUT2D eigenvalue weighted by atomic mass is 9.94. The Labute approximate surface area is 110 Å². The largest absolute Gasteiger partial charge is 0.469 e. The average molecular weight is 274 g/mol. The second kappa shape index (κ2) is 5.25. The van der Waals surface area contributed by atoms with Crippen LogP contribution in [-0.4, -0.2) is 19.6 Å². The third kappa shape index (κ3) is 2.57. The van der Waals surface area contributed by atoms with Crippen molar-refractivity contribution in [3.63, 3.8) is 0 Å². The molecule has 1 heterocycles. The van der Waals surface area contributed by atoms with E-state index in [0.29, 0.717) is 10.0 Å². The fraction of sp³-hybridized carbons (Fsp3) is 0.417. The molecule has 1 aliphatic rings. The van der Waals surface area contributed by atoms with Crippen LogP contribution in [-0.2, 0) is 9.53 Å². The summed E-state index contributed by atoms with van der Waals surface area (Å²) in [7, 11) is 1.41. The second-order valence-electron chi connectivity index (χ2n) is 4.02.